The van der Waals surface area contributed by atoms with Crippen LogP contribution >= 0.6 is 15.9 Å². The summed E-state index contributed by atoms with van der Waals surface area (Å²) in [5, 5.41) is 16.4. The molecule has 28 heavy (non-hydrogen) atoms. The van der Waals surface area contributed by atoms with Gasteiger partial charge in [-0.3, -0.25) is 19.7 Å². The SMILES string of the molecule is CC(=O)Oc1ccc([N+](=O)[O-])cc1[C@@H]1OC(c2cccc(Br)c2)=NN1C(C)=O. The molecule has 0 unspecified atom stereocenters. The largest absolute Gasteiger partial charge is 0.446 e. The van der Waals surface area contributed by atoms with Crippen molar-refractivity contribution >= 4 is 39.4 Å². The summed E-state index contributed by atoms with van der Waals surface area (Å²) >= 11 is 3.35. The minimum atomic E-state index is -1.12. The minimum absolute atomic E-state index is 0.0417. The first-order valence-electron chi connectivity index (χ1n) is 8.04. The Bertz CT molecular complexity index is 1010. The van der Waals surface area contributed by atoms with Gasteiger partial charge in [0.1, 0.15) is 5.75 Å². The van der Waals surface area contributed by atoms with Crippen LogP contribution in [0.4, 0.5) is 5.69 Å². The summed E-state index contributed by atoms with van der Waals surface area (Å²) in [4.78, 5) is 34.1. The molecule has 0 spiro atoms. The molecule has 0 bridgehead atoms. The fourth-order valence-electron chi connectivity index (χ4n) is 2.60. The average Bonchev–Trinajstić information content (AvgIpc) is 3.07. The second-order valence-corrected chi connectivity index (χ2v) is 6.74. The standard InChI is InChI=1S/C18H14BrN3O6/c1-10(23)21-18(28-17(20-21)12-4-3-5-13(19)8-12)15-9-14(22(25)26)6-7-16(15)27-11(2)24/h3-9,18H,1-2H3/t18-/m0/s1. The van der Waals surface area contributed by atoms with E-state index in [1.165, 1.54) is 32.0 Å². The van der Waals surface area contributed by atoms with Gasteiger partial charge in [0, 0.05) is 36.0 Å². The van der Waals surface area contributed by atoms with Crippen LogP contribution in [-0.4, -0.2) is 27.7 Å². The van der Waals surface area contributed by atoms with E-state index in [0.717, 1.165) is 9.48 Å². The van der Waals surface area contributed by atoms with Crippen LogP contribution in [0.2, 0.25) is 0 Å². The number of rotatable bonds is 4. The van der Waals surface area contributed by atoms with Crippen molar-refractivity contribution in [3.05, 3.63) is 68.2 Å². The topological polar surface area (TPSA) is 111 Å². The quantitative estimate of drug-likeness (QED) is 0.306. The highest BCUT2D eigenvalue weighted by molar-refractivity contribution is 9.10. The molecule has 144 valence electrons. The van der Waals surface area contributed by atoms with Crippen LogP contribution in [0, 0.1) is 10.1 Å². The molecule has 0 N–H and O–H groups in total. The number of amides is 1. The van der Waals surface area contributed by atoms with E-state index in [2.05, 4.69) is 21.0 Å². The lowest BCUT2D eigenvalue weighted by Crippen LogP contribution is -2.26. The Kier molecular flexibility index (Phi) is 5.41. The number of ether oxygens (including phenoxy) is 2. The number of benzene rings is 2. The molecule has 1 amide bonds. The van der Waals surface area contributed by atoms with E-state index in [4.69, 9.17) is 9.47 Å². The lowest BCUT2D eigenvalue weighted by molar-refractivity contribution is -0.385. The fourth-order valence-corrected chi connectivity index (χ4v) is 3.00. The molecule has 0 aliphatic carbocycles. The first-order chi connectivity index (χ1) is 13.3. The van der Waals surface area contributed by atoms with E-state index in [1.54, 1.807) is 18.2 Å². The van der Waals surface area contributed by atoms with Gasteiger partial charge in [-0.25, -0.2) is 0 Å². The van der Waals surface area contributed by atoms with E-state index in [1.807, 2.05) is 6.07 Å². The summed E-state index contributed by atoms with van der Waals surface area (Å²) < 4.78 is 11.8. The van der Waals surface area contributed by atoms with Gasteiger partial charge in [-0.2, -0.15) is 5.01 Å². The number of nitro groups is 1. The summed E-state index contributed by atoms with van der Waals surface area (Å²) in [6, 6.07) is 10.8. The lowest BCUT2D eigenvalue weighted by atomic mass is 10.1. The van der Waals surface area contributed by atoms with Crippen molar-refractivity contribution in [2.45, 2.75) is 20.1 Å². The Balaban J connectivity index is 2.06. The minimum Gasteiger partial charge on any atom is -0.446 e. The normalized spacial score (nSPS) is 15.6. The van der Waals surface area contributed by atoms with Gasteiger partial charge < -0.3 is 9.47 Å². The Labute approximate surface area is 167 Å². The van der Waals surface area contributed by atoms with Crippen LogP contribution in [0.1, 0.15) is 31.2 Å². The van der Waals surface area contributed by atoms with Crippen LogP contribution in [0.3, 0.4) is 0 Å². The third-order valence-electron chi connectivity index (χ3n) is 3.76. The molecule has 0 aromatic heterocycles. The van der Waals surface area contributed by atoms with Gasteiger partial charge in [-0.05, 0) is 24.3 Å². The fraction of sp³-hybridized carbons (Fsp3) is 0.167. The smallest absolute Gasteiger partial charge is 0.308 e. The van der Waals surface area contributed by atoms with Crippen molar-refractivity contribution in [1.29, 1.82) is 0 Å². The highest BCUT2D eigenvalue weighted by Gasteiger charge is 2.36. The molecule has 2 aromatic carbocycles. The highest BCUT2D eigenvalue weighted by atomic mass is 79.9. The van der Waals surface area contributed by atoms with Crippen molar-refractivity contribution in [1.82, 2.24) is 5.01 Å². The summed E-state index contributed by atoms with van der Waals surface area (Å²) in [5.41, 5.74) is 0.491. The first-order valence-corrected chi connectivity index (χ1v) is 8.83. The Morgan fingerprint density at radius 3 is 2.61 bits per heavy atom. The van der Waals surface area contributed by atoms with Gasteiger partial charge in [-0.15, -0.1) is 5.10 Å². The van der Waals surface area contributed by atoms with Crippen LogP contribution in [0.15, 0.2) is 52.0 Å². The molecule has 0 saturated carbocycles. The molecule has 1 aliphatic rings. The van der Waals surface area contributed by atoms with E-state index < -0.39 is 23.0 Å². The van der Waals surface area contributed by atoms with E-state index in [0.29, 0.717) is 5.56 Å². The molecule has 0 fully saturated rings. The number of hydrogen-bond donors (Lipinski definition) is 0. The zero-order valence-electron chi connectivity index (χ0n) is 14.8. The second-order valence-electron chi connectivity index (χ2n) is 5.82. The zero-order chi connectivity index (χ0) is 20.4. The van der Waals surface area contributed by atoms with E-state index >= 15 is 0 Å². The Hall–Kier alpha value is -3.27. The average molecular weight is 448 g/mol. The van der Waals surface area contributed by atoms with Crippen molar-refractivity contribution in [2.24, 2.45) is 5.10 Å². The first kappa shape index (κ1) is 19.5. The number of carbonyl (C=O) groups excluding carboxylic acids is 2. The number of carbonyl (C=O) groups is 2. The molecule has 3 rings (SSSR count). The van der Waals surface area contributed by atoms with E-state index in [-0.39, 0.29) is 22.9 Å². The molecule has 1 heterocycles. The predicted octanol–water partition coefficient (Wildman–Crippen LogP) is 3.52. The number of nitrogens with zero attached hydrogens (tertiary/aromatic N) is 3. The molecule has 0 radical (unpaired) electrons. The van der Waals surface area contributed by atoms with E-state index in [9.17, 15) is 19.7 Å². The van der Waals surface area contributed by atoms with Crippen LogP contribution in [0.5, 0.6) is 5.75 Å². The molecule has 9 nitrogen and oxygen atoms in total. The maximum Gasteiger partial charge on any atom is 0.308 e. The lowest BCUT2D eigenvalue weighted by Gasteiger charge is -2.21. The maximum absolute atomic E-state index is 12.1. The van der Waals surface area contributed by atoms with Crippen LogP contribution in [0.25, 0.3) is 0 Å². The number of halogens is 1. The number of nitro benzene ring substituents is 1. The molecule has 2 aromatic rings. The summed E-state index contributed by atoms with van der Waals surface area (Å²) in [5.74, 6) is -0.868. The van der Waals surface area contributed by atoms with Crippen molar-refractivity contribution in [2.75, 3.05) is 0 Å². The van der Waals surface area contributed by atoms with Crippen molar-refractivity contribution < 1.29 is 24.0 Å². The predicted molar refractivity (Wildman–Crippen MR) is 101 cm³/mol. The monoisotopic (exact) mass is 447 g/mol. The van der Waals surface area contributed by atoms with Crippen molar-refractivity contribution in [3.8, 4) is 5.75 Å². The molecule has 1 atom stereocenters. The van der Waals surface area contributed by atoms with Gasteiger partial charge in [0.2, 0.25) is 18.0 Å². The number of non-ortho nitro benzene ring substituents is 1. The van der Waals surface area contributed by atoms with Gasteiger partial charge in [0.05, 0.1) is 10.5 Å². The van der Waals surface area contributed by atoms with Gasteiger partial charge >= 0.3 is 5.97 Å². The Morgan fingerprint density at radius 2 is 2.00 bits per heavy atom. The van der Waals surface area contributed by atoms with Crippen molar-refractivity contribution in [3.63, 3.8) is 0 Å². The molecular formula is C18H14BrN3O6. The summed E-state index contributed by atoms with van der Waals surface area (Å²) in [6.45, 7) is 2.49. The van der Waals surface area contributed by atoms with Crippen LogP contribution in [-0.2, 0) is 14.3 Å². The maximum atomic E-state index is 12.1. The molecular weight excluding hydrogens is 434 g/mol. The second kappa shape index (κ2) is 7.77. The third kappa shape index (κ3) is 4.01. The Morgan fingerprint density at radius 1 is 1.25 bits per heavy atom. The summed E-state index contributed by atoms with van der Waals surface area (Å²) in [7, 11) is 0. The van der Waals surface area contributed by atoms with Gasteiger partial charge in [-0.1, -0.05) is 22.0 Å². The van der Waals surface area contributed by atoms with Gasteiger partial charge in [0.15, 0.2) is 0 Å². The number of esters is 1. The number of hydrogen-bond acceptors (Lipinski definition) is 7. The molecule has 1 aliphatic heterocycles. The van der Waals surface area contributed by atoms with Crippen LogP contribution < -0.4 is 4.74 Å². The molecule has 0 saturated heterocycles. The molecule has 10 heteroatoms. The summed E-state index contributed by atoms with van der Waals surface area (Å²) in [6.07, 6.45) is -1.12. The third-order valence-corrected chi connectivity index (χ3v) is 4.26. The van der Waals surface area contributed by atoms with Gasteiger partial charge in [0.25, 0.3) is 5.69 Å². The number of hydrazone groups is 1. The highest BCUT2D eigenvalue weighted by Crippen LogP contribution is 2.37. The zero-order valence-corrected chi connectivity index (χ0v) is 16.4.